The van der Waals surface area contributed by atoms with Gasteiger partial charge in [-0.3, -0.25) is 4.99 Å². The largest absolute Gasteiger partial charge is 0.511 e. The molecule has 0 aliphatic carbocycles. The van der Waals surface area contributed by atoms with Gasteiger partial charge in [-0.1, -0.05) is 0 Å². The number of alkyl halides is 3. The molecule has 2 N–H and O–H groups in total. The molecule has 174 valence electrons. The summed E-state index contributed by atoms with van der Waals surface area (Å²) in [5.74, 6) is 0.583. The second kappa shape index (κ2) is 14.6. The summed E-state index contributed by atoms with van der Waals surface area (Å²) in [5.41, 5.74) is -5.25. The molecule has 1 saturated heterocycles. The highest BCUT2D eigenvalue weighted by molar-refractivity contribution is 14.0. The Labute approximate surface area is 188 Å². The fourth-order valence-corrected chi connectivity index (χ4v) is 3.64. The molecule has 1 fully saturated rings. The number of hydrogen-bond donors (Lipinski definition) is 2. The van der Waals surface area contributed by atoms with Crippen LogP contribution in [0.1, 0.15) is 32.6 Å². The highest BCUT2D eigenvalue weighted by atomic mass is 127. The van der Waals surface area contributed by atoms with E-state index in [0.717, 1.165) is 12.8 Å². The Bertz CT molecular complexity index is 571. The van der Waals surface area contributed by atoms with Crippen LogP contribution in [0.5, 0.6) is 0 Å². The van der Waals surface area contributed by atoms with Crippen molar-refractivity contribution in [2.24, 2.45) is 4.99 Å². The summed E-state index contributed by atoms with van der Waals surface area (Å²) >= 11 is 0. The average molecular weight is 560 g/mol. The fraction of sp³-hybridized carbons (Fsp3) is 0.938. The molecule has 0 atom stereocenters. The minimum atomic E-state index is -5.25. The molecule has 1 heterocycles. The normalized spacial score (nSPS) is 17.1. The molecule has 8 nitrogen and oxygen atoms in total. The molecular formula is C16H32F3IN4O4S. The zero-order chi connectivity index (χ0) is 21.0. The van der Waals surface area contributed by atoms with Crippen LogP contribution in [-0.2, 0) is 19.5 Å². The quantitative estimate of drug-likeness (QED) is 0.174. The van der Waals surface area contributed by atoms with E-state index in [2.05, 4.69) is 15.6 Å². The van der Waals surface area contributed by atoms with Gasteiger partial charge in [-0.2, -0.15) is 17.5 Å². The number of nitrogens with one attached hydrogen (secondary N) is 2. The number of sulfonamides is 1. The van der Waals surface area contributed by atoms with E-state index in [0.29, 0.717) is 43.2 Å². The zero-order valence-electron chi connectivity index (χ0n) is 16.8. The summed E-state index contributed by atoms with van der Waals surface area (Å²) < 4.78 is 71.5. The van der Waals surface area contributed by atoms with E-state index in [9.17, 15) is 21.6 Å². The van der Waals surface area contributed by atoms with E-state index >= 15 is 0 Å². The summed E-state index contributed by atoms with van der Waals surface area (Å²) in [6, 6.07) is -0.130. The molecule has 0 spiro atoms. The molecule has 0 saturated carbocycles. The van der Waals surface area contributed by atoms with Gasteiger partial charge in [0.25, 0.3) is 0 Å². The Morgan fingerprint density at radius 1 is 1.17 bits per heavy atom. The third-order valence-corrected chi connectivity index (χ3v) is 5.80. The third kappa shape index (κ3) is 10.5. The lowest BCUT2D eigenvalue weighted by atomic mass is 10.1. The average Bonchev–Trinajstić information content (AvgIpc) is 2.63. The first-order valence-corrected chi connectivity index (χ1v) is 10.8. The summed E-state index contributed by atoms with van der Waals surface area (Å²) in [4.78, 5) is 4.45. The first-order chi connectivity index (χ1) is 13.2. The molecule has 1 aliphatic rings. The van der Waals surface area contributed by atoms with E-state index in [1.54, 1.807) is 7.11 Å². The van der Waals surface area contributed by atoms with E-state index < -0.39 is 15.5 Å². The molecule has 1 rings (SSSR count). The summed E-state index contributed by atoms with van der Waals surface area (Å²) in [5, 5.41) is 6.27. The van der Waals surface area contributed by atoms with Crippen molar-refractivity contribution in [3.05, 3.63) is 0 Å². The smallest absolute Gasteiger partial charge is 0.382 e. The Morgan fingerprint density at radius 2 is 1.83 bits per heavy atom. The number of piperidine rings is 1. The van der Waals surface area contributed by atoms with Gasteiger partial charge in [-0.05, 0) is 32.6 Å². The van der Waals surface area contributed by atoms with Crippen molar-refractivity contribution in [2.75, 3.05) is 53.1 Å². The van der Waals surface area contributed by atoms with Crippen LogP contribution in [0.15, 0.2) is 4.99 Å². The molecule has 0 bridgehead atoms. The van der Waals surface area contributed by atoms with Gasteiger partial charge in [-0.15, -0.1) is 24.0 Å². The van der Waals surface area contributed by atoms with Crippen LogP contribution in [0.4, 0.5) is 13.2 Å². The second-order valence-corrected chi connectivity index (χ2v) is 8.27. The first-order valence-electron chi connectivity index (χ1n) is 9.40. The molecule has 0 aromatic carbocycles. The maximum atomic E-state index is 12.6. The van der Waals surface area contributed by atoms with Crippen LogP contribution in [0.25, 0.3) is 0 Å². The van der Waals surface area contributed by atoms with Crippen molar-refractivity contribution < 1.29 is 31.1 Å². The zero-order valence-corrected chi connectivity index (χ0v) is 20.0. The van der Waals surface area contributed by atoms with Crippen molar-refractivity contribution in [1.82, 2.24) is 14.9 Å². The summed E-state index contributed by atoms with van der Waals surface area (Å²) in [6.07, 6.45) is 2.27. The van der Waals surface area contributed by atoms with Gasteiger partial charge in [0.15, 0.2) is 5.96 Å². The topological polar surface area (TPSA) is 92.3 Å². The van der Waals surface area contributed by atoms with Crippen molar-refractivity contribution in [3.63, 3.8) is 0 Å². The van der Waals surface area contributed by atoms with Crippen LogP contribution in [0.3, 0.4) is 0 Å². The Morgan fingerprint density at radius 3 is 2.38 bits per heavy atom. The monoisotopic (exact) mass is 560 g/mol. The van der Waals surface area contributed by atoms with Crippen molar-refractivity contribution in [2.45, 2.75) is 44.2 Å². The SMILES string of the molecule is CCNC(=NCCCCOCCOC)NC1CCN(S(=O)(=O)C(F)(F)F)CC1.I. The van der Waals surface area contributed by atoms with Gasteiger partial charge in [0.05, 0.1) is 13.2 Å². The van der Waals surface area contributed by atoms with E-state index in [1.807, 2.05) is 6.92 Å². The molecule has 13 heteroatoms. The van der Waals surface area contributed by atoms with Crippen molar-refractivity contribution >= 4 is 40.0 Å². The molecule has 0 aromatic rings. The molecule has 0 amide bonds. The van der Waals surface area contributed by atoms with Crippen LogP contribution in [-0.4, -0.2) is 83.3 Å². The predicted octanol–water partition coefficient (Wildman–Crippen LogP) is 1.92. The van der Waals surface area contributed by atoms with Gasteiger partial charge in [-0.25, -0.2) is 8.42 Å². The predicted molar refractivity (Wildman–Crippen MR) is 116 cm³/mol. The number of hydrogen-bond acceptors (Lipinski definition) is 5. The third-order valence-electron chi connectivity index (χ3n) is 4.17. The van der Waals surface area contributed by atoms with Gasteiger partial charge in [0.1, 0.15) is 0 Å². The maximum Gasteiger partial charge on any atom is 0.511 e. The highest BCUT2D eigenvalue weighted by Gasteiger charge is 2.50. The standard InChI is InChI=1S/C16H31F3N4O4S.HI/c1-3-20-15(21-8-4-5-11-27-13-12-26-2)22-14-6-9-23(10-7-14)28(24,25)16(17,18)19;/h14H,3-13H2,1-2H3,(H2,20,21,22);1H. The molecule has 0 radical (unpaired) electrons. The lowest BCUT2D eigenvalue weighted by Crippen LogP contribution is -2.51. The number of rotatable bonds is 11. The van der Waals surface area contributed by atoms with Crippen molar-refractivity contribution in [1.29, 1.82) is 0 Å². The summed E-state index contributed by atoms with van der Waals surface area (Å²) in [6.45, 7) is 4.57. The number of methoxy groups -OCH3 is 1. The van der Waals surface area contributed by atoms with Crippen LogP contribution in [0.2, 0.25) is 0 Å². The molecule has 1 aliphatic heterocycles. The van der Waals surface area contributed by atoms with Crippen LogP contribution in [0, 0.1) is 0 Å². The minimum Gasteiger partial charge on any atom is -0.382 e. The maximum absolute atomic E-state index is 12.6. The lowest BCUT2D eigenvalue weighted by Gasteiger charge is -2.32. The summed E-state index contributed by atoms with van der Waals surface area (Å²) in [7, 11) is -3.63. The Balaban J connectivity index is 0.00000784. The van der Waals surface area contributed by atoms with Crippen LogP contribution >= 0.6 is 24.0 Å². The fourth-order valence-electron chi connectivity index (χ4n) is 2.65. The van der Waals surface area contributed by atoms with Crippen LogP contribution < -0.4 is 10.6 Å². The number of aliphatic imine (C=N–C) groups is 1. The lowest BCUT2D eigenvalue weighted by molar-refractivity contribution is -0.0494. The number of ether oxygens (including phenoxy) is 2. The number of halogens is 4. The number of unbranched alkanes of at least 4 members (excludes halogenated alkanes) is 1. The van der Waals surface area contributed by atoms with E-state index in [4.69, 9.17) is 9.47 Å². The minimum absolute atomic E-state index is 0. The Hall–Kier alpha value is -0.380. The van der Waals surface area contributed by atoms with Gasteiger partial charge >= 0.3 is 15.5 Å². The van der Waals surface area contributed by atoms with Gasteiger partial charge in [0, 0.05) is 45.9 Å². The number of nitrogens with zero attached hydrogens (tertiary/aromatic N) is 2. The molecule has 29 heavy (non-hydrogen) atoms. The van der Waals surface area contributed by atoms with Crippen molar-refractivity contribution in [3.8, 4) is 0 Å². The van der Waals surface area contributed by atoms with Gasteiger partial charge < -0.3 is 20.1 Å². The highest BCUT2D eigenvalue weighted by Crippen LogP contribution is 2.28. The van der Waals surface area contributed by atoms with Gasteiger partial charge in [0.2, 0.25) is 0 Å². The van der Waals surface area contributed by atoms with E-state index in [-0.39, 0.29) is 55.9 Å². The molecule has 0 aromatic heterocycles. The Kier molecular flexibility index (Phi) is 14.4. The first kappa shape index (κ1) is 28.6. The number of guanidine groups is 1. The second-order valence-electron chi connectivity index (χ2n) is 6.34. The molecule has 0 unspecified atom stereocenters. The van der Waals surface area contributed by atoms with E-state index in [1.165, 1.54) is 0 Å². The molecular weight excluding hydrogens is 528 g/mol.